The second-order valence-electron chi connectivity index (χ2n) is 9.02. The largest absolute Gasteiger partial charge is 0.488 e. The van der Waals surface area contributed by atoms with Gasteiger partial charge in [-0.3, -0.25) is 9.69 Å². The van der Waals surface area contributed by atoms with Crippen LogP contribution >= 0.6 is 12.4 Å². The van der Waals surface area contributed by atoms with Gasteiger partial charge in [0.05, 0.1) is 0 Å². The maximum absolute atomic E-state index is 12.5. The molecule has 2 aliphatic rings. The highest BCUT2D eigenvalue weighted by molar-refractivity contribution is 5.93. The van der Waals surface area contributed by atoms with Crippen LogP contribution in [0.5, 0.6) is 11.5 Å². The van der Waals surface area contributed by atoms with Gasteiger partial charge in [-0.1, -0.05) is 24.3 Å². The van der Waals surface area contributed by atoms with Crippen molar-refractivity contribution in [2.75, 3.05) is 63.9 Å². The zero-order valence-electron chi connectivity index (χ0n) is 20.4. The van der Waals surface area contributed by atoms with Gasteiger partial charge >= 0.3 is 6.18 Å². The summed E-state index contributed by atoms with van der Waals surface area (Å²) < 4.78 is 48.0. The predicted molar refractivity (Wildman–Crippen MR) is 135 cm³/mol. The molecule has 0 bridgehead atoms. The van der Waals surface area contributed by atoms with Gasteiger partial charge in [0.15, 0.2) is 18.1 Å². The van der Waals surface area contributed by atoms with E-state index in [1.54, 1.807) is 25.1 Å². The Hall–Kier alpha value is -2.49. The van der Waals surface area contributed by atoms with Gasteiger partial charge in [-0.25, -0.2) is 0 Å². The number of amides is 1. The van der Waals surface area contributed by atoms with Gasteiger partial charge in [0, 0.05) is 58.4 Å². The number of carbonyl (C=O) groups is 1. The number of hydrogen-bond acceptors (Lipinski definition) is 5. The number of halogens is 4. The number of hydrogen-bond donors (Lipinski definition) is 0. The number of piperazine rings is 1. The van der Waals surface area contributed by atoms with Crippen LogP contribution in [0, 0.1) is 0 Å². The van der Waals surface area contributed by atoms with Crippen molar-refractivity contribution in [3.05, 3.63) is 53.6 Å². The Labute approximate surface area is 216 Å². The smallest absolute Gasteiger partial charge is 0.422 e. The first-order valence-electron chi connectivity index (χ1n) is 12.0. The third-order valence-corrected chi connectivity index (χ3v) is 6.51. The number of fused-ring (bicyclic) bond motifs is 1. The van der Waals surface area contributed by atoms with Gasteiger partial charge in [-0.15, -0.1) is 12.4 Å². The van der Waals surface area contributed by atoms with E-state index >= 15 is 0 Å². The lowest BCUT2D eigenvalue weighted by Gasteiger charge is -2.34. The summed E-state index contributed by atoms with van der Waals surface area (Å²) in [6.07, 6.45) is -2.49. The van der Waals surface area contributed by atoms with Crippen LogP contribution in [0.1, 0.15) is 18.1 Å². The Morgan fingerprint density at radius 1 is 0.917 bits per heavy atom. The van der Waals surface area contributed by atoms with E-state index < -0.39 is 12.8 Å². The fourth-order valence-electron chi connectivity index (χ4n) is 4.59. The summed E-state index contributed by atoms with van der Waals surface area (Å²) in [5.41, 5.74) is 3.61. The molecule has 1 saturated heterocycles. The van der Waals surface area contributed by atoms with Crippen LogP contribution < -0.4 is 14.4 Å². The highest BCUT2D eigenvalue weighted by Gasteiger charge is 2.29. The lowest BCUT2D eigenvalue weighted by atomic mass is 10.1. The average molecular weight is 528 g/mol. The minimum atomic E-state index is -4.38. The molecule has 0 radical (unpaired) electrons. The normalized spacial score (nSPS) is 16.4. The quantitative estimate of drug-likeness (QED) is 0.489. The number of nitrogens with zero attached hydrogens (tertiary/aromatic N) is 3. The molecule has 2 aromatic rings. The Balaban J connectivity index is 0.00000361. The maximum atomic E-state index is 12.5. The number of rotatable bonds is 9. The fourth-order valence-corrected chi connectivity index (χ4v) is 4.59. The molecule has 4 rings (SSSR count). The van der Waals surface area contributed by atoms with Crippen molar-refractivity contribution >= 4 is 24.0 Å². The molecule has 0 aromatic heterocycles. The molecule has 0 N–H and O–H groups in total. The monoisotopic (exact) mass is 527 g/mol. The summed E-state index contributed by atoms with van der Waals surface area (Å²) in [5, 5.41) is 0. The summed E-state index contributed by atoms with van der Waals surface area (Å²) in [5.74, 6) is 0.533. The summed E-state index contributed by atoms with van der Waals surface area (Å²) in [7, 11) is 0. The van der Waals surface area contributed by atoms with Gasteiger partial charge in [0.1, 0.15) is 6.61 Å². The highest BCUT2D eigenvalue weighted by atomic mass is 35.5. The van der Waals surface area contributed by atoms with Crippen molar-refractivity contribution in [3.8, 4) is 11.5 Å². The molecule has 0 saturated carbocycles. The molecule has 2 aliphatic heterocycles. The van der Waals surface area contributed by atoms with E-state index in [9.17, 15) is 18.0 Å². The average Bonchev–Trinajstić information content (AvgIpc) is 3.26. The van der Waals surface area contributed by atoms with E-state index in [0.29, 0.717) is 18.9 Å². The maximum Gasteiger partial charge on any atom is 0.422 e. The molecule has 2 heterocycles. The van der Waals surface area contributed by atoms with E-state index in [1.165, 1.54) is 17.2 Å². The van der Waals surface area contributed by atoms with E-state index in [0.717, 1.165) is 57.8 Å². The molecule has 1 amide bonds. The number of carbonyl (C=O) groups excluding carboxylic acids is 1. The van der Waals surface area contributed by atoms with Gasteiger partial charge in [-0.2, -0.15) is 13.2 Å². The summed E-state index contributed by atoms with van der Waals surface area (Å²) >= 11 is 0. The summed E-state index contributed by atoms with van der Waals surface area (Å²) in [6, 6.07) is 12.9. The van der Waals surface area contributed by atoms with Crippen molar-refractivity contribution < 1.29 is 27.4 Å². The van der Waals surface area contributed by atoms with Crippen LogP contribution in [0.3, 0.4) is 0 Å². The van der Waals surface area contributed by atoms with Crippen LogP contribution in [0.25, 0.3) is 0 Å². The number of anilines is 1. The van der Waals surface area contributed by atoms with E-state index in [4.69, 9.17) is 9.47 Å². The second-order valence-corrected chi connectivity index (χ2v) is 9.02. The number of alkyl halides is 3. The number of benzene rings is 2. The Morgan fingerprint density at radius 3 is 2.19 bits per heavy atom. The molecule has 2 aromatic carbocycles. The first kappa shape index (κ1) is 28.1. The molecular formula is C26H33ClF3N3O3. The Kier molecular flexibility index (Phi) is 9.87. The molecular weight excluding hydrogens is 495 g/mol. The molecule has 1 fully saturated rings. The third-order valence-electron chi connectivity index (χ3n) is 6.51. The lowest BCUT2D eigenvalue weighted by molar-refractivity contribution is -0.153. The fraction of sp³-hybridized carbons (Fsp3) is 0.500. The predicted octanol–water partition coefficient (Wildman–Crippen LogP) is 4.20. The van der Waals surface area contributed by atoms with Gasteiger partial charge in [-0.05, 0) is 42.2 Å². The minimum Gasteiger partial charge on any atom is -0.488 e. The zero-order chi connectivity index (χ0) is 24.8. The van der Waals surface area contributed by atoms with Crippen LogP contribution in [0.2, 0.25) is 0 Å². The number of para-hydroxylation sites is 2. The van der Waals surface area contributed by atoms with Crippen molar-refractivity contribution in [1.82, 2.24) is 9.80 Å². The van der Waals surface area contributed by atoms with E-state index in [-0.39, 0.29) is 24.1 Å². The van der Waals surface area contributed by atoms with E-state index in [2.05, 4.69) is 28.0 Å². The van der Waals surface area contributed by atoms with Crippen LogP contribution in [-0.2, 0) is 17.6 Å². The summed E-state index contributed by atoms with van der Waals surface area (Å²) in [6.45, 7) is 6.91. The third kappa shape index (κ3) is 7.75. The van der Waals surface area contributed by atoms with Crippen LogP contribution in [0.4, 0.5) is 18.9 Å². The van der Waals surface area contributed by atoms with Gasteiger partial charge < -0.3 is 19.3 Å². The molecule has 0 atom stereocenters. The minimum absolute atomic E-state index is 0. The number of ether oxygens (including phenoxy) is 2. The van der Waals surface area contributed by atoms with Crippen LogP contribution in [0.15, 0.2) is 42.5 Å². The molecule has 0 aliphatic carbocycles. The molecule has 0 unspecified atom stereocenters. The van der Waals surface area contributed by atoms with Crippen LogP contribution in [-0.4, -0.2) is 80.9 Å². The molecule has 198 valence electrons. The Bertz CT molecular complexity index is 1010. The molecule has 10 heteroatoms. The SMILES string of the molecule is CC(=O)N1CCc2cc(CCN3CCN(CCOc4ccccc4OCC(F)(F)F)CC3)ccc21.Cl. The van der Waals surface area contributed by atoms with Gasteiger partial charge in [0.25, 0.3) is 0 Å². The van der Waals surface area contributed by atoms with Crippen molar-refractivity contribution in [1.29, 1.82) is 0 Å². The second kappa shape index (κ2) is 12.7. The topological polar surface area (TPSA) is 45.3 Å². The van der Waals surface area contributed by atoms with Crippen molar-refractivity contribution in [2.45, 2.75) is 25.9 Å². The molecule has 0 spiro atoms. The molecule has 36 heavy (non-hydrogen) atoms. The van der Waals surface area contributed by atoms with Gasteiger partial charge in [0.2, 0.25) is 5.91 Å². The summed E-state index contributed by atoms with van der Waals surface area (Å²) in [4.78, 5) is 18.3. The van der Waals surface area contributed by atoms with Crippen molar-refractivity contribution in [3.63, 3.8) is 0 Å². The standard InChI is InChI=1S/C26H32F3N3O3.ClH/c1-20(33)32-11-9-22-18-21(6-7-23(22)32)8-10-30-12-14-31(15-13-30)16-17-34-24-4-2-3-5-25(24)35-19-26(27,28)29;/h2-7,18H,8-17,19H2,1H3;1H. The molecule has 6 nitrogen and oxygen atoms in total. The highest BCUT2D eigenvalue weighted by Crippen LogP contribution is 2.30. The Morgan fingerprint density at radius 2 is 1.56 bits per heavy atom. The zero-order valence-corrected chi connectivity index (χ0v) is 21.2. The lowest BCUT2D eigenvalue weighted by Crippen LogP contribution is -2.47. The van der Waals surface area contributed by atoms with E-state index in [1.807, 2.05) is 4.90 Å². The van der Waals surface area contributed by atoms with Crippen molar-refractivity contribution in [2.24, 2.45) is 0 Å². The first-order chi connectivity index (χ1) is 16.8. The first-order valence-corrected chi connectivity index (χ1v) is 12.0.